The van der Waals surface area contributed by atoms with Crippen molar-refractivity contribution in [1.82, 2.24) is 19.5 Å². The van der Waals surface area contributed by atoms with Gasteiger partial charge in [-0.2, -0.15) is 0 Å². The number of esters is 1. The van der Waals surface area contributed by atoms with Gasteiger partial charge in [0.1, 0.15) is 24.6 Å². The van der Waals surface area contributed by atoms with E-state index in [1.165, 1.54) is 12.7 Å². The Hall–Kier alpha value is -2.87. The maximum absolute atomic E-state index is 14.5. The summed E-state index contributed by atoms with van der Waals surface area (Å²) in [5.41, 5.74) is 2.30. The van der Waals surface area contributed by atoms with E-state index in [0.717, 1.165) is 5.69 Å². The van der Waals surface area contributed by atoms with Crippen molar-refractivity contribution in [3.8, 4) is 0 Å². The van der Waals surface area contributed by atoms with Crippen molar-refractivity contribution in [3.63, 3.8) is 0 Å². The van der Waals surface area contributed by atoms with Crippen molar-refractivity contribution in [3.05, 3.63) is 54.2 Å². The minimum atomic E-state index is -1.25. The van der Waals surface area contributed by atoms with Gasteiger partial charge in [0, 0.05) is 6.42 Å². The summed E-state index contributed by atoms with van der Waals surface area (Å²) in [5, 5.41) is 0. The molecule has 0 radical (unpaired) electrons. The van der Waals surface area contributed by atoms with E-state index in [1.54, 1.807) is 28.8 Å². The highest BCUT2D eigenvalue weighted by Crippen LogP contribution is 2.33. The number of fused-ring (bicyclic) bond motifs is 1. The van der Waals surface area contributed by atoms with Crippen LogP contribution in [0.15, 0.2) is 43.0 Å². The minimum absolute atomic E-state index is 0.00864. The van der Waals surface area contributed by atoms with Crippen molar-refractivity contribution in [2.24, 2.45) is 0 Å². The monoisotopic (exact) mass is 356 g/mol. The molecule has 1 aromatic carbocycles. The third-order valence-electron chi connectivity index (χ3n) is 4.36. The van der Waals surface area contributed by atoms with Crippen molar-refractivity contribution >= 4 is 17.1 Å². The van der Waals surface area contributed by atoms with Crippen LogP contribution >= 0.6 is 0 Å². The molecule has 2 aromatic heterocycles. The van der Waals surface area contributed by atoms with Gasteiger partial charge in [0.2, 0.25) is 0 Å². The zero-order chi connectivity index (χ0) is 18.1. The Morgan fingerprint density at radius 1 is 1.31 bits per heavy atom. The molecule has 3 atom stereocenters. The van der Waals surface area contributed by atoms with Crippen LogP contribution in [-0.4, -0.2) is 44.4 Å². The maximum atomic E-state index is 14.5. The number of carbonyl (C=O) groups is 1. The predicted octanol–water partition coefficient (Wildman–Crippen LogP) is 2.62. The molecule has 3 heterocycles. The largest absolute Gasteiger partial charge is 0.459 e. The Kier molecular flexibility index (Phi) is 4.34. The summed E-state index contributed by atoms with van der Waals surface area (Å²) in [6.45, 7) is 1.81. The summed E-state index contributed by atoms with van der Waals surface area (Å²) in [5.74, 6) is -0.454. The normalized spacial score (nSPS) is 22.6. The second-order valence-electron chi connectivity index (χ2n) is 6.15. The van der Waals surface area contributed by atoms with E-state index in [0.29, 0.717) is 16.7 Å². The highest BCUT2D eigenvalue weighted by atomic mass is 19.1. The van der Waals surface area contributed by atoms with Gasteiger partial charge in [0.15, 0.2) is 11.9 Å². The third-order valence-corrected chi connectivity index (χ3v) is 4.36. The van der Waals surface area contributed by atoms with Crippen LogP contribution in [0.3, 0.4) is 0 Å². The summed E-state index contributed by atoms with van der Waals surface area (Å²) < 4.78 is 27.1. The number of ether oxygens (including phenoxy) is 2. The van der Waals surface area contributed by atoms with Crippen molar-refractivity contribution in [2.75, 3.05) is 6.61 Å². The molecule has 0 N–H and O–H groups in total. The highest BCUT2D eigenvalue weighted by molar-refractivity contribution is 5.89. The summed E-state index contributed by atoms with van der Waals surface area (Å²) >= 11 is 0. The number of rotatable bonds is 4. The van der Waals surface area contributed by atoms with Crippen LogP contribution in [0.25, 0.3) is 11.2 Å². The Bertz CT molecular complexity index is 931. The Morgan fingerprint density at radius 2 is 2.12 bits per heavy atom. The lowest BCUT2D eigenvalue weighted by Crippen LogP contribution is -2.19. The van der Waals surface area contributed by atoms with Crippen LogP contribution < -0.4 is 0 Å². The first kappa shape index (κ1) is 16.6. The van der Waals surface area contributed by atoms with Crippen LogP contribution in [0.1, 0.15) is 28.7 Å². The molecule has 0 aliphatic carbocycles. The highest BCUT2D eigenvalue weighted by Gasteiger charge is 2.38. The number of alkyl halides is 1. The van der Waals surface area contributed by atoms with Crippen LogP contribution in [0.2, 0.25) is 0 Å². The molecule has 1 aliphatic rings. The number of hydrogen-bond acceptors (Lipinski definition) is 6. The number of carbonyl (C=O) groups excluding carboxylic acids is 1. The van der Waals surface area contributed by atoms with Gasteiger partial charge in [0.25, 0.3) is 0 Å². The SMILES string of the molecule is Cc1ncnc2c1ncn2[C@@H]1O[C@H](COC(=O)c2ccccc2)CC1F. The Morgan fingerprint density at radius 3 is 2.92 bits per heavy atom. The number of nitrogens with zero attached hydrogens (tertiary/aromatic N) is 4. The molecular formula is C18H17FN4O3. The lowest BCUT2D eigenvalue weighted by atomic mass is 10.2. The van der Waals surface area contributed by atoms with E-state index in [-0.39, 0.29) is 13.0 Å². The fourth-order valence-corrected chi connectivity index (χ4v) is 3.03. The van der Waals surface area contributed by atoms with Crippen LogP contribution in [0.5, 0.6) is 0 Å². The van der Waals surface area contributed by atoms with Gasteiger partial charge in [0.05, 0.1) is 23.7 Å². The van der Waals surface area contributed by atoms with Gasteiger partial charge in [-0.3, -0.25) is 4.57 Å². The fraction of sp³-hybridized carbons (Fsp3) is 0.333. The fourth-order valence-electron chi connectivity index (χ4n) is 3.03. The molecule has 0 saturated carbocycles. The molecule has 8 heteroatoms. The van der Waals surface area contributed by atoms with Crippen LogP contribution in [0, 0.1) is 6.92 Å². The summed E-state index contributed by atoms with van der Waals surface area (Å²) in [6.07, 6.45) is 0.427. The van der Waals surface area contributed by atoms with Crippen molar-refractivity contribution in [2.45, 2.75) is 31.8 Å². The molecule has 0 spiro atoms. The second kappa shape index (κ2) is 6.80. The summed E-state index contributed by atoms with van der Waals surface area (Å²) in [7, 11) is 0. The topological polar surface area (TPSA) is 79.1 Å². The van der Waals surface area contributed by atoms with E-state index in [2.05, 4.69) is 15.0 Å². The number of imidazole rings is 1. The van der Waals surface area contributed by atoms with Crippen LogP contribution in [0.4, 0.5) is 4.39 Å². The molecule has 1 saturated heterocycles. The van der Waals surface area contributed by atoms with E-state index < -0.39 is 24.5 Å². The van der Waals surface area contributed by atoms with E-state index in [1.807, 2.05) is 13.0 Å². The third kappa shape index (κ3) is 3.03. The molecule has 3 aromatic rings. The predicted molar refractivity (Wildman–Crippen MR) is 90.2 cm³/mol. The number of aromatic nitrogens is 4. The zero-order valence-electron chi connectivity index (χ0n) is 14.1. The van der Waals surface area contributed by atoms with Gasteiger partial charge < -0.3 is 9.47 Å². The van der Waals surface area contributed by atoms with E-state index in [9.17, 15) is 9.18 Å². The molecule has 1 unspecified atom stereocenters. The van der Waals surface area contributed by atoms with Gasteiger partial charge in [-0.25, -0.2) is 24.1 Å². The Labute approximate surface area is 148 Å². The zero-order valence-corrected chi connectivity index (χ0v) is 14.1. The van der Waals surface area contributed by atoms with Gasteiger partial charge in [-0.05, 0) is 19.1 Å². The van der Waals surface area contributed by atoms with Crippen LogP contribution in [-0.2, 0) is 9.47 Å². The standard InChI is InChI=1S/C18H17FN4O3/c1-11-15-16(21-9-20-11)23(10-22-15)17-14(19)7-13(26-17)8-25-18(24)12-5-3-2-4-6-12/h2-6,9-10,13-14,17H,7-8H2,1H3/t13-,14?,17+/m0/s1. The average Bonchev–Trinajstić information content (AvgIpc) is 3.24. The first-order chi connectivity index (χ1) is 12.6. The molecule has 26 heavy (non-hydrogen) atoms. The summed E-state index contributed by atoms with van der Waals surface area (Å²) in [6, 6.07) is 8.65. The minimum Gasteiger partial charge on any atom is -0.459 e. The molecule has 0 bridgehead atoms. The van der Waals surface area contributed by atoms with Gasteiger partial charge >= 0.3 is 5.97 Å². The Balaban J connectivity index is 1.44. The quantitative estimate of drug-likeness (QED) is 0.669. The number of halogens is 1. The number of hydrogen-bond donors (Lipinski definition) is 0. The molecule has 1 fully saturated rings. The van der Waals surface area contributed by atoms with Crippen molar-refractivity contribution in [1.29, 1.82) is 0 Å². The first-order valence-electron chi connectivity index (χ1n) is 8.29. The first-order valence-corrected chi connectivity index (χ1v) is 8.29. The lowest BCUT2D eigenvalue weighted by molar-refractivity contribution is -0.0420. The van der Waals surface area contributed by atoms with Gasteiger partial charge in [-0.15, -0.1) is 0 Å². The number of aryl methyl sites for hydroxylation is 1. The molecule has 0 amide bonds. The lowest BCUT2D eigenvalue weighted by Gasteiger charge is -2.16. The molecular weight excluding hydrogens is 339 g/mol. The molecule has 4 rings (SSSR count). The second-order valence-corrected chi connectivity index (χ2v) is 6.15. The maximum Gasteiger partial charge on any atom is 0.338 e. The summed E-state index contributed by atoms with van der Waals surface area (Å²) in [4.78, 5) is 24.5. The van der Waals surface area contributed by atoms with Crippen molar-refractivity contribution < 1.29 is 18.7 Å². The smallest absolute Gasteiger partial charge is 0.338 e. The molecule has 134 valence electrons. The number of benzene rings is 1. The molecule has 1 aliphatic heterocycles. The van der Waals surface area contributed by atoms with E-state index in [4.69, 9.17) is 9.47 Å². The van der Waals surface area contributed by atoms with E-state index >= 15 is 0 Å². The average molecular weight is 356 g/mol. The molecule has 7 nitrogen and oxygen atoms in total. The van der Waals surface area contributed by atoms with Gasteiger partial charge in [-0.1, -0.05) is 18.2 Å².